The molecular weight excluding hydrogens is 405 g/mol. The lowest BCUT2D eigenvalue weighted by atomic mass is 9.94. The molecule has 5 rings (SSSR count). The number of carbonyl (C=O) groups is 2. The molecule has 1 fully saturated rings. The summed E-state index contributed by atoms with van der Waals surface area (Å²) in [7, 11) is 0. The minimum atomic E-state index is -0.363. The minimum absolute atomic E-state index is 0.121. The van der Waals surface area contributed by atoms with E-state index >= 15 is 0 Å². The SMILES string of the molecule is O=C(c1ccc(F)cc1)N1CCC[C@@H](C(=O)N2CC=C(c3c[nH]c4ccccc34)CC2)C1. The topological polar surface area (TPSA) is 56.4 Å². The van der Waals surface area contributed by atoms with E-state index < -0.39 is 0 Å². The molecular formula is C26H26FN3O2. The van der Waals surface area contributed by atoms with Crippen LogP contribution in [0.4, 0.5) is 4.39 Å². The normalized spacial score (nSPS) is 19.2. The molecule has 1 saturated heterocycles. The van der Waals surface area contributed by atoms with Crippen molar-refractivity contribution < 1.29 is 14.0 Å². The van der Waals surface area contributed by atoms with Crippen molar-refractivity contribution in [3.63, 3.8) is 0 Å². The standard InChI is InChI=1S/C26H26FN3O2/c27-21-9-7-19(8-10-21)25(31)30-13-3-4-20(17-30)26(32)29-14-11-18(12-15-29)23-16-28-24-6-2-1-5-22(23)24/h1-2,5-11,16,20,28H,3-4,12-15,17H2/t20-/m1/s1. The number of likely N-dealkylation sites (tertiary alicyclic amines) is 1. The number of nitrogens with one attached hydrogen (secondary N) is 1. The Balaban J connectivity index is 1.24. The monoisotopic (exact) mass is 431 g/mol. The van der Waals surface area contributed by atoms with Gasteiger partial charge in [0, 0.05) is 54.4 Å². The number of piperidine rings is 1. The average Bonchev–Trinajstić information content (AvgIpc) is 3.28. The number of carbonyl (C=O) groups excluding carboxylic acids is 2. The first-order valence-corrected chi connectivity index (χ1v) is 11.2. The Morgan fingerprint density at radius 1 is 1.00 bits per heavy atom. The highest BCUT2D eigenvalue weighted by Crippen LogP contribution is 2.30. The first-order valence-electron chi connectivity index (χ1n) is 11.2. The molecule has 3 heterocycles. The highest BCUT2D eigenvalue weighted by Gasteiger charge is 2.32. The van der Waals surface area contributed by atoms with Crippen molar-refractivity contribution >= 4 is 28.3 Å². The van der Waals surface area contributed by atoms with Gasteiger partial charge in [0.05, 0.1) is 5.92 Å². The maximum absolute atomic E-state index is 13.2. The van der Waals surface area contributed by atoms with Crippen molar-refractivity contribution in [1.29, 1.82) is 0 Å². The molecule has 0 spiro atoms. The molecule has 2 aromatic carbocycles. The number of hydrogen-bond acceptors (Lipinski definition) is 2. The van der Waals surface area contributed by atoms with Crippen LogP contribution in [0.1, 0.15) is 35.2 Å². The van der Waals surface area contributed by atoms with Gasteiger partial charge in [-0.1, -0.05) is 24.3 Å². The number of halogens is 1. The molecule has 1 aromatic heterocycles. The number of fused-ring (bicyclic) bond motifs is 1. The third kappa shape index (κ3) is 3.93. The number of aromatic nitrogens is 1. The van der Waals surface area contributed by atoms with Gasteiger partial charge in [0.1, 0.15) is 5.82 Å². The second kappa shape index (κ2) is 8.61. The number of aromatic amines is 1. The van der Waals surface area contributed by atoms with Gasteiger partial charge in [0.2, 0.25) is 5.91 Å². The smallest absolute Gasteiger partial charge is 0.253 e. The lowest BCUT2D eigenvalue weighted by Gasteiger charge is -2.36. The largest absolute Gasteiger partial charge is 0.361 e. The van der Waals surface area contributed by atoms with Gasteiger partial charge in [-0.25, -0.2) is 4.39 Å². The zero-order valence-corrected chi connectivity index (χ0v) is 17.9. The highest BCUT2D eigenvalue weighted by molar-refractivity contribution is 5.95. The van der Waals surface area contributed by atoms with Gasteiger partial charge < -0.3 is 14.8 Å². The summed E-state index contributed by atoms with van der Waals surface area (Å²) >= 11 is 0. The lowest BCUT2D eigenvalue weighted by molar-refractivity contribution is -0.136. The molecule has 1 N–H and O–H groups in total. The third-order valence-electron chi connectivity index (χ3n) is 6.61. The summed E-state index contributed by atoms with van der Waals surface area (Å²) in [5.74, 6) is -0.562. The molecule has 32 heavy (non-hydrogen) atoms. The van der Waals surface area contributed by atoms with Crippen LogP contribution in [0, 0.1) is 11.7 Å². The first-order chi connectivity index (χ1) is 15.6. The van der Waals surface area contributed by atoms with Gasteiger partial charge in [-0.2, -0.15) is 0 Å². The quantitative estimate of drug-likeness (QED) is 0.665. The van der Waals surface area contributed by atoms with Crippen molar-refractivity contribution in [1.82, 2.24) is 14.8 Å². The Kier molecular flexibility index (Phi) is 5.52. The molecule has 0 aliphatic carbocycles. The minimum Gasteiger partial charge on any atom is -0.361 e. The van der Waals surface area contributed by atoms with E-state index in [1.165, 1.54) is 40.8 Å². The van der Waals surface area contributed by atoms with Crippen molar-refractivity contribution in [3.8, 4) is 0 Å². The number of nitrogens with zero attached hydrogens (tertiary/aromatic N) is 2. The number of amides is 2. The summed E-state index contributed by atoms with van der Waals surface area (Å²) in [5.41, 5.74) is 4.06. The highest BCUT2D eigenvalue weighted by atomic mass is 19.1. The maximum Gasteiger partial charge on any atom is 0.253 e. The summed E-state index contributed by atoms with van der Waals surface area (Å²) in [6.07, 6.45) is 6.61. The molecule has 2 amide bonds. The van der Waals surface area contributed by atoms with E-state index in [0.29, 0.717) is 31.7 Å². The van der Waals surface area contributed by atoms with E-state index in [4.69, 9.17) is 0 Å². The summed E-state index contributed by atoms with van der Waals surface area (Å²) < 4.78 is 13.2. The van der Waals surface area contributed by atoms with Crippen LogP contribution in [0.5, 0.6) is 0 Å². The van der Waals surface area contributed by atoms with Crippen LogP contribution in [-0.2, 0) is 4.79 Å². The van der Waals surface area contributed by atoms with Gasteiger partial charge in [-0.15, -0.1) is 0 Å². The van der Waals surface area contributed by atoms with Gasteiger partial charge >= 0.3 is 0 Å². The summed E-state index contributed by atoms with van der Waals surface area (Å²) in [6.45, 7) is 2.33. The molecule has 2 aliphatic heterocycles. The molecule has 1 atom stereocenters. The van der Waals surface area contributed by atoms with E-state index in [0.717, 1.165) is 24.8 Å². The second-order valence-electron chi connectivity index (χ2n) is 8.61. The zero-order valence-electron chi connectivity index (χ0n) is 17.9. The van der Waals surface area contributed by atoms with E-state index in [2.05, 4.69) is 23.2 Å². The summed E-state index contributed by atoms with van der Waals surface area (Å²) in [6, 6.07) is 13.9. The summed E-state index contributed by atoms with van der Waals surface area (Å²) in [5, 5.41) is 1.21. The molecule has 5 nitrogen and oxygen atoms in total. The summed E-state index contributed by atoms with van der Waals surface area (Å²) in [4.78, 5) is 33.0. The van der Waals surface area contributed by atoms with Crippen LogP contribution in [0.2, 0.25) is 0 Å². The van der Waals surface area contributed by atoms with Gasteiger partial charge in [-0.05, 0) is 55.2 Å². The Hall–Kier alpha value is -3.41. The molecule has 0 unspecified atom stereocenters. The van der Waals surface area contributed by atoms with Crippen molar-refractivity contribution in [3.05, 3.63) is 77.7 Å². The van der Waals surface area contributed by atoms with Crippen LogP contribution in [0.15, 0.2) is 60.8 Å². The van der Waals surface area contributed by atoms with Crippen molar-refractivity contribution in [2.75, 3.05) is 26.2 Å². The number of benzene rings is 2. The van der Waals surface area contributed by atoms with E-state index in [1.807, 2.05) is 23.2 Å². The molecule has 6 heteroatoms. The van der Waals surface area contributed by atoms with Gasteiger partial charge in [-0.3, -0.25) is 9.59 Å². The van der Waals surface area contributed by atoms with Gasteiger partial charge in [0.15, 0.2) is 0 Å². The molecule has 0 radical (unpaired) electrons. The Bertz CT molecular complexity index is 1180. The van der Waals surface area contributed by atoms with E-state index in [9.17, 15) is 14.0 Å². The molecule has 164 valence electrons. The number of para-hydroxylation sites is 1. The lowest BCUT2D eigenvalue weighted by Crippen LogP contribution is -2.47. The average molecular weight is 432 g/mol. The molecule has 3 aromatic rings. The number of rotatable bonds is 3. The fourth-order valence-corrected chi connectivity index (χ4v) is 4.85. The predicted molar refractivity (Wildman–Crippen MR) is 123 cm³/mol. The van der Waals surface area contributed by atoms with Crippen molar-refractivity contribution in [2.24, 2.45) is 5.92 Å². The molecule has 0 saturated carbocycles. The number of hydrogen-bond donors (Lipinski definition) is 1. The Morgan fingerprint density at radius 3 is 2.59 bits per heavy atom. The van der Waals surface area contributed by atoms with E-state index in [1.54, 1.807) is 4.90 Å². The fourth-order valence-electron chi connectivity index (χ4n) is 4.85. The van der Waals surface area contributed by atoms with Crippen LogP contribution in [0.3, 0.4) is 0 Å². The Morgan fingerprint density at radius 2 is 1.81 bits per heavy atom. The number of H-pyrrole nitrogens is 1. The Labute approximate surface area is 186 Å². The van der Waals surface area contributed by atoms with Crippen LogP contribution >= 0.6 is 0 Å². The fraction of sp³-hybridized carbons (Fsp3) is 0.308. The molecule has 2 aliphatic rings. The van der Waals surface area contributed by atoms with Crippen LogP contribution in [-0.4, -0.2) is 52.8 Å². The predicted octanol–water partition coefficient (Wildman–Crippen LogP) is 4.48. The van der Waals surface area contributed by atoms with Crippen LogP contribution in [0.25, 0.3) is 16.5 Å². The van der Waals surface area contributed by atoms with Crippen molar-refractivity contribution in [2.45, 2.75) is 19.3 Å². The van der Waals surface area contributed by atoms with Gasteiger partial charge in [0.25, 0.3) is 5.91 Å². The molecule has 0 bridgehead atoms. The second-order valence-corrected chi connectivity index (χ2v) is 8.61. The van der Waals surface area contributed by atoms with Crippen LogP contribution < -0.4 is 0 Å². The third-order valence-corrected chi connectivity index (χ3v) is 6.61. The first kappa shape index (κ1) is 20.5. The zero-order chi connectivity index (χ0) is 22.1. The van der Waals surface area contributed by atoms with E-state index in [-0.39, 0.29) is 23.5 Å². The maximum atomic E-state index is 13.2.